The van der Waals surface area contributed by atoms with Crippen molar-refractivity contribution in [2.24, 2.45) is 0 Å². The molecule has 0 saturated heterocycles. The Morgan fingerprint density at radius 1 is 0.518 bits per heavy atom. The monoisotopic (exact) mass is 1210 g/mol. The fourth-order valence-electron chi connectivity index (χ4n) is 8.38. The van der Waals surface area contributed by atoms with E-state index in [1.165, 1.54) is 73.8 Å². The van der Waals surface area contributed by atoms with E-state index in [4.69, 9.17) is 0 Å². The molecule has 10 rings (SSSR count). The Morgan fingerprint density at radius 2 is 0.871 bits per heavy atom. The number of halogens is 3. The SMILES string of the molecule is CC(=O)n1c(-c2ccc(NS(C)(=O)=O)cc2)nn2nc(C(C)(C)C)cc12.CC(C)(C)c1cc2n(C(=O)C(F)(F)F)c(-c3ccc(NS(C)(=O)=O)cc3)nn2n1.Cc1ccc(-c2nn3nc(C(C)(C)C)cc3n2C(=O)c2cccc([N+](=O)[O-])c2)cc1. The van der Waals surface area contributed by atoms with Crippen molar-refractivity contribution in [3.8, 4) is 34.2 Å². The minimum absolute atomic E-state index is 0.120. The molecule has 6 aromatic heterocycles. The summed E-state index contributed by atoms with van der Waals surface area (Å²) in [6.07, 6.45) is -3.07. The Hall–Kier alpha value is -9.38. The number of anilines is 2. The van der Waals surface area contributed by atoms with Crippen LogP contribution in [0.3, 0.4) is 0 Å². The van der Waals surface area contributed by atoms with Crippen molar-refractivity contribution >= 4 is 71.8 Å². The van der Waals surface area contributed by atoms with Gasteiger partial charge in [-0.25, -0.2) is 30.5 Å². The van der Waals surface area contributed by atoms with Crippen molar-refractivity contribution in [1.29, 1.82) is 0 Å². The lowest BCUT2D eigenvalue weighted by molar-refractivity contribution is -0.384. The first-order valence-electron chi connectivity index (χ1n) is 25.9. The smallest absolute Gasteiger partial charge is 0.284 e. The van der Waals surface area contributed by atoms with Gasteiger partial charge in [0.2, 0.25) is 26.0 Å². The zero-order chi connectivity index (χ0) is 62.7. The third-order valence-electron chi connectivity index (χ3n) is 12.7. The Labute approximate surface area is 485 Å². The molecule has 0 radical (unpaired) electrons. The number of alkyl halides is 3. The molecular formula is C56H60F3N15O9S2. The summed E-state index contributed by atoms with van der Waals surface area (Å²) >= 11 is 0. The highest BCUT2D eigenvalue weighted by Gasteiger charge is 2.43. The second-order valence-electron chi connectivity index (χ2n) is 23.1. The molecule has 29 heteroatoms. The Morgan fingerprint density at radius 3 is 1.22 bits per heavy atom. The van der Waals surface area contributed by atoms with E-state index in [1.54, 1.807) is 30.3 Å². The van der Waals surface area contributed by atoms with Gasteiger partial charge in [-0.2, -0.15) is 28.5 Å². The number of fused-ring (bicyclic) bond motifs is 3. The lowest BCUT2D eigenvalue weighted by Gasteiger charge is -2.14. The summed E-state index contributed by atoms with van der Waals surface area (Å²) < 4.78 is 96.9. The first kappa shape index (κ1) is 61.7. The number of non-ortho nitro benzene ring substituents is 1. The summed E-state index contributed by atoms with van der Waals surface area (Å²) in [5.41, 5.74) is 5.67. The number of carbonyl (C=O) groups is 3. The minimum atomic E-state index is -5.13. The molecule has 0 aliphatic carbocycles. The number of carbonyl (C=O) groups excluding carboxylic acids is 3. The van der Waals surface area contributed by atoms with E-state index in [2.05, 4.69) is 40.0 Å². The first-order chi connectivity index (χ1) is 39.3. The van der Waals surface area contributed by atoms with Crippen molar-refractivity contribution < 1.29 is 49.3 Å². The Kier molecular flexibility index (Phi) is 16.2. The van der Waals surface area contributed by atoms with Gasteiger partial charge in [-0.3, -0.25) is 33.9 Å². The number of hydrogen-bond acceptors (Lipinski definition) is 15. The van der Waals surface area contributed by atoms with Gasteiger partial charge in [0.15, 0.2) is 34.4 Å². The maximum Gasteiger partial charge on any atom is 0.472 e. The van der Waals surface area contributed by atoms with Crippen LogP contribution >= 0.6 is 0 Å². The van der Waals surface area contributed by atoms with Crippen LogP contribution < -0.4 is 9.44 Å². The molecule has 0 bridgehead atoms. The van der Waals surface area contributed by atoms with Crippen molar-refractivity contribution in [1.82, 2.24) is 58.2 Å². The highest BCUT2D eigenvalue weighted by Crippen LogP contribution is 2.32. The third kappa shape index (κ3) is 13.8. The summed E-state index contributed by atoms with van der Waals surface area (Å²) in [6, 6.07) is 30.5. The van der Waals surface area contributed by atoms with E-state index in [0.29, 0.717) is 44.5 Å². The van der Waals surface area contributed by atoms with Crippen LogP contribution in [-0.2, 0) is 36.3 Å². The number of nitrogens with one attached hydrogen (secondary N) is 2. The highest BCUT2D eigenvalue weighted by molar-refractivity contribution is 7.92. The van der Waals surface area contributed by atoms with E-state index >= 15 is 0 Å². The fraction of sp³-hybridized carbons (Fsp3) is 0.304. The zero-order valence-electron chi connectivity index (χ0n) is 48.4. The maximum atomic E-state index is 13.5. The second-order valence-corrected chi connectivity index (χ2v) is 26.6. The van der Waals surface area contributed by atoms with Crippen molar-refractivity contribution in [2.45, 2.75) is 98.6 Å². The van der Waals surface area contributed by atoms with E-state index in [1.807, 2.05) is 106 Å². The number of aromatic nitrogens is 12. The van der Waals surface area contributed by atoms with E-state index < -0.39 is 48.4 Å². The molecule has 0 unspecified atom stereocenters. The van der Waals surface area contributed by atoms with Gasteiger partial charge in [-0.1, -0.05) is 98.2 Å². The number of hydrogen-bond donors (Lipinski definition) is 2. The average molecular weight is 1210 g/mol. The molecule has 0 aliphatic heterocycles. The van der Waals surface area contributed by atoms with E-state index in [9.17, 15) is 54.5 Å². The molecule has 0 spiro atoms. The largest absolute Gasteiger partial charge is 0.472 e. The number of sulfonamides is 2. The van der Waals surface area contributed by atoms with Gasteiger partial charge >= 0.3 is 12.1 Å². The van der Waals surface area contributed by atoms with Gasteiger partial charge in [0.25, 0.3) is 11.6 Å². The minimum Gasteiger partial charge on any atom is -0.284 e. The number of nitro groups is 1. The predicted molar refractivity (Wildman–Crippen MR) is 313 cm³/mol. The molecule has 10 aromatic rings. The molecule has 24 nitrogen and oxygen atoms in total. The van der Waals surface area contributed by atoms with Gasteiger partial charge in [0, 0.05) is 87.1 Å². The molecule has 0 atom stereocenters. The van der Waals surface area contributed by atoms with Crippen molar-refractivity contribution in [3.63, 3.8) is 0 Å². The summed E-state index contributed by atoms with van der Waals surface area (Å²) in [4.78, 5) is 48.5. The summed E-state index contributed by atoms with van der Waals surface area (Å²) in [7, 11) is -6.86. The summed E-state index contributed by atoms with van der Waals surface area (Å²) in [6.45, 7) is 21.2. The van der Waals surface area contributed by atoms with Crippen molar-refractivity contribution in [2.75, 3.05) is 22.0 Å². The zero-order valence-corrected chi connectivity index (χ0v) is 50.0. The van der Waals surface area contributed by atoms with Crippen LogP contribution in [0.25, 0.3) is 51.1 Å². The first-order valence-corrected chi connectivity index (χ1v) is 29.7. The Balaban J connectivity index is 0.000000166. The van der Waals surface area contributed by atoms with Crippen LogP contribution in [0.4, 0.5) is 30.2 Å². The van der Waals surface area contributed by atoms with Crippen LogP contribution in [0, 0.1) is 17.0 Å². The van der Waals surface area contributed by atoms with E-state index in [0.717, 1.165) is 39.7 Å². The van der Waals surface area contributed by atoms with Gasteiger partial charge in [0.05, 0.1) is 34.5 Å². The van der Waals surface area contributed by atoms with Crippen LogP contribution in [0.1, 0.15) is 112 Å². The molecule has 0 aliphatic rings. The molecule has 0 fully saturated rings. The maximum absolute atomic E-state index is 13.5. The normalized spacial score (nSPS) is 12.4. The van der Waals surface area contributed by atoms with Crippen LogP contribution in [0.15, 0.2) is 115 Å². The topological polar surface area (TPSA) is 292 Å². The fourth-order valence-corrected chi connectivity index (χ4v) is 9.51. The van der Waals surface area contributed by atoms with Gasteiger partial charge in [-0.15, -0.1) is 29.2 Å². The summed E-state index contributed by atoms with van der Waals surface area (Å²) in [5, 5.41) is 37.5. The molecular weight excluding hydrogens is 1150 g/mol. The van der Waals surface area contributed by atoms with Crippen LogP contribution in [-0.4, -0.2) is 116 Å². The van der Waals surface area contributed by atoms with Gasteiger partial charge in [-0.05, 0) is 61.5 Å². The summed E-state index contributed by atoms with van der Waals surface area (Å²) in [5.74, 6) is -2.07. The molecule has 4 aromatic carbocycles. The molecule has 0 amide bonds. The molecule has 446 valence electrons. The standard InChI is InChI=1S/C22H21N5O3.C17H18F3N5O3S.C17H21N5O3S/c1-14-8-10-15(11-9-14)20-24-26-19(13-18(23-26)22(2,3)4)25(20)21(28)16-6-5-7-17(12-16)27(29)30;1-16(2,3)12-9-13-24(15(26)17(18,19)20)14(22-25(13)21-12)10-5-7-11(8-6-10)23-29(4,27)28;1-11(23)21-15-10-14(17(2,3)4)18-22(15)19-16(21)12-6-8-13(9-7-12)20-26(5,24)25/h5-13H,1-4H3;5-9,23H,1-4H3;6-10,20H,1-5H3. The number of benzene rings is 4. The molecule has 2 N–H and O–H groups in total. The van der Waals surface area contributed by atoms with Gasteiger partial charge < -0.3 is 0 Å². The number of aryl methyl sites for hydroxylation is 1. The Bertz CT molecular complexity index is 4460. The predicted octanol–water partition coefficient (Wildman–Crippen LogP) is 10.00. The molecule has 85 heavy (non-hydrogen) atoms. The van der Waals surface area contributed by atoms with Crippen LogP contribution in [0.2, 0.25) is 0 Å². The average Bonchev–Trinajstić information content (AvgIpc) is 1.78. The number of rotatable bonds is 9. The molecule has 0 saturated carbocycles. The number of nitro benzene ring substituents is 1. The third-order valence-corrected chi connectivity index (χ3v) is 13.9. The lowest BCUT2D eigenvalue weighted by Crippen LogP contribution is -2.29. The lowest BCUT2D eigenvalue weighted by atomic mass is 9.92. The van der Waals surface area contributed by atoms with Gasteiger partial charge in [0.1, 0.15) is 0 Å². The highest BCUT2D eigenvalue weighted by atomic mass is 32.2. The number of nitrogens with zero attached hydrogens (tertiary/aromatic N) is 13. The quantitative estimate of drug-likeness (QED) is 0.100. The second kappa shape index (κ2) is 22.3. The van der Waals surface area contributed by atoms with Crippen LogP contribution in [0.5, 0.6) is 0 Å². The van der Waals surface area contributed by atoms with E-state index in [-0.39, 0.29) is 50.7 Å². The van der Waals surface area contributed by atoms with Crippen molar-refractivity contribution in [3.05, 3.63) is 154 Å². The molecule has 6 heterocycles.